The third-order valence-corrected chi connectivity index (χ3v) is 4.67. The van der Waals surface area contributed by atoms with Crippen LogP contribution in [0, 0.1) is 5.41 Å². The molecule has 1 aliphatic heterocycles. The van der Waals surface area contributed by atoms with Gasteiger partial charge in [0.05, 0.1) is 18.6 Å². The van der Waals surface area contributed by atoms with E-state index in [1.807, 2.05) is 62.9 Å². The van der Waals surface area contributed by atoms with Crippen molar-refractivity contribution < 1.29 is 9.53 Å². The molecule has 1 aliphatic rings. The zero-order valence-corrected chi connectivity index (χ0v) is 13.4. The summed E-state index contributed by atoms with van der Waals surface area (Å²) in [5.74, 6) is 0.0965. The van der Waals surface area contributed by atoms with Crippen LogP contribution < -0.4 is 5.73 Å². The number of nitrogens with zero attached hydrogens (tertiary/aromatic N) is 1. The number of rotatable bonds is 3. The average molecular weight is 290 g/mol. The third kappa shape index (κ3) is 3.27. The second-order valence-electron chi connectivity index (χ2n) is 6.87. The molecule has 1 atom stereocenters. The Morgan fingerprint density at radius 3 is 2.43 bits per heavy atom. The maximum atomic E-state index is 12.8. The first-order chi connectivity index (χ1) is 9.73. The molecule has 4 nitrogen and oxygen atoms in total. The number of nitrogens with two attached hydrogens (primary N) is 1. The van der Waals surface area contributed by atoms with Crippen LogP contribution in [0.25, 0.3) is 0 Å². The summed E-state index contributed by atoms with van der Waals surface area (Å²) < 4.78 is 5.82. The molecule has 0 aliphatic carbocycles. The van der Waals surface area contributed by atoms with Gasteiger partial charge in [-0.15, -0.1) is 0 Å². The van der Waals surface area contributed by atoms with Gasteiger partial charge in [0, 0.05) is 12.1 Å². The van der Waals surface area contributed by atoms with Gasteiger partial charge in [0.2, 0.25) is 5.91 Å². The molecule has 1 aromatic rings. The van der Waals surface area contributed by atoms with E-state index in [9.17, 15) is 4.79 Å². The van der Waals surface area contributed by atoms with Crippen molar-refractivity contribution in [2.75, 3.05) is 19.7 Å². The van der Waals surface area contributed by atoms with Crippen molar-refractivity contribution in [1.82, 2.24) is 4.90 Å². The molecule has 4 heteroatoms. The summed E-state index contributed by atoms with van der Waals surface area (Å²) in [4.78, 5) is 14.7. The van der Waals surface area contributed by atoms with E-state index in [0.29, 0.717) is 19.7 Å². The lowest BCUT2D eigenvalue weighted by Gasteiger charge is -2.43. The lowest BCUT2D eigenvalue weighted by atomic mass is 9.74. The number of carbonyl (C=O) groups excluding carboxylic acids is 1. The summed E-state index contributed by atoms with van der Waals surface area (Å²) >= 11 is 0. The number of carbonyl (C=O) groups is 1. The Morgan fingerprint density at radius 2 is 1.86 bits per heavy atom. The molecular weight excluding hydrogens is 264 g/mol. The zero-order valence-electron chi connectivity index (χ0n) is 13.4. The number of ether oxygens (including phenoxy) is 1. The minimum atomic E-state index is -0.606. The van der Waals surface area contributed by atoms with Gasteiger partial charge in [-0.1, -0.05) is 30.3 Å². The molecule has 116 valence electrons. The molecule has 21 heavy (non-hydrogen) atoms. The van der Waals surface area contributed by atoms with E-state index in [4.69, 9.17) is 10.5 Å². The van der Waals surface area contributed by atoms with Crippen molar-refractivity contribution in [1.29, 1.82) is 0 Å². The fraction of sp³-hybridized carbons (Fsp3) is 0.588. The van der Waals surface area contributed by atoms with Crippen LogP contribution in [0.15, 0.2) is 30.3 Å². The maximum absolute atomic E-state index is 12.8. The lowest BCUT2D eigenvalue weighted by molar-refractivity contribution is -0.151. The first-order valence-corrected chi connectivity index (χ1v) is 7.48. The third-order valence-electron chi connectivity index (χ3n) is 4.67. The van der Waals surface area contributed by atoms with E-state index in [1.54, 1.807) is 0 Å². The largest absolute Gasteiger partial charge is 0.370 e. The normalized spacial score (nSPS) is 20.4. The fourth-order valence-corrected chi connectivity index (χ4v) is 2.37. The Bertz CT molecular complexity index is 491. The average Bonchev–Trinajstić information content (AvgIpc) is 2.46. The van der Waals surface area contributed by atoms with Gasteiger partial charge >= 0.3 is 0 Å². The van der Waals surface area contributed by atoms with E-state index in [0.717, 1.165) is 5.56 Å². The summed E-state index contributed by atoms with van der Waals surface area (Å²) in [7, 11) is 0. The first kappa shape index (κ1) is 16.0. The summed E-state index contributed by atoms with van der Waals surface area (Å²) in [6, 6.07) is 10.0. The van der Waals surface area contributed by atoms with Gasteiger partial charge in [0.1, 0.15) is 6.10 Å². The van der Waals surface area contributed by atoms with Crippen LogP contribution in [0.2, 0.25) is 0 Å². The molecular formula is C17H26N2O2. The van der Waals surface area contributed by atoms with Gasteiger partial charge < -0.3 is 15.4 Å². The minimum Gasteiger partial charge on any atom is -0.370 e. The SMILES string of the molecule is CC(C)(N)C(C)(C)C(=O)N1CCOC(c2ccccc2)C1. The molecule has 0 bridgehead atoms. The topological polar surface area (TPSA) is 55.6 Å². The lowest BCUT2D eigenvalue weighted by Crippen LogP contribution is -2.58. The highest BCUT2D eigenvalue weighted by molar-refractivity contribution is 5.83. The standard InChI is InChI=1S/C17H26N2O2/c1-16(2,17(3,4)18)15(20)19-10-11-21-14(12-19)13-8-6-5-7-9-13/h5-9,14H,10-12,18H2,1-4H3. The summed E-state index contributed by atoms with van der Waals surface area (Å²) in [6.07, 6.45) is -0.0550. The van der Waals surface area contributed by atoms with E-state index >= 15 is 0 Å². The molecule has 1 amide bonds. The number of morpholine rings is 1. The molecule has 1 heterocycles. The molecule has 0 radical (unpaired) electrons. The highest BCUT2D eigenvalue weighted by Gasteiger charge is 2.43. The molecule has 2 N–H and O–H groups in total. The Morgan fingerprint density at radius 1 is 1.24 bits per heavy atom. The fourth-order valence-electron chi connectivity index (χ4n) is 2.37. The number of amides is 1. The second-order valence-corrected chi connectivity index (χ2v) is 6.87. The van der Waals surface area contributed by atoms with Crippen LogP contribution in [0.3, 0.4) is 0 Å². The number of hydrogen-bond donors (Lipinski definition) is 1. The number of hydrogen-bond acceptors (Lipinski definition) is 3. The van der Waals surface area contributed by atoms with Crippen LogP contribution in [0.1, 0.15) is 39.4 Å². The van der Waals surface area contributed by atoms with Crippen LogP contribution in [-0.4, -0.2) is 36.0 Å². The molecule has 1 aromatic carbocycles. The van der Waals surface area contributed by atoms with Crippen LogP contribution in [-0.2, 0) is 9.53 Å². The van der Waals surface area contributed by atoms with E-state index in [1.165, 1.54) is 0 Å². The van der Waals surface area contributed by atoms with E-state index in [2.05, 4.69) is 0 Å². The second kappa shape index (κ2) is 5.78. The molecule has 1 unspecified atom stereocenters. The molecule has 0 saturated carbocycles. The van der Waals surface area contributed by atoms with Gasteiger partial charge in [-0.05, 0) is 33.3 Å². The zero-order chi connectivity index (χ0) is 15.7. The quantitative estimate of drug-likeness (QED) is 0.929. The van der Waals surface area contributed by atoms with Crippen molar-refractivity contribution in [2.24, 2.45) is 11.1 Å². The predicted molar refractivity (Wildman–Crippen MR) is 83.8 cm³/mol. The molecule has 1 saturated heterocycles. The Balaban J connectivity index is 2.13. The van der Waals surface area contributed by atoms with Crippen molar-refractivity contribution in [3.63, 3.8) is 0 Å². The van der Waals surface area contributed by atoms with Gasteiger partial charge in [0.25, 0.3) is 0 Å². The van der Waals surface area contributed by atoms with E-state index in [-0.39, 0.29) is 12.0 Å². The molecule has 2 rings (SSSR count). The van der Waals surface area contributed by atoms with Crippen molar-refractivity contribution >= 4 is 5.91 Å². The van der Waals surface area contributed by atoms with Crippen LogP contribution in [0.5, 0.6) is 0 Å². The van der Waals surface area contributed by atoms with Crippen molar-refractivity contribution in [3.05, 3.63) is 35.9 Å². The molecule has 0 aromatic heterocycles. The monoisotopic (exact) mass is 290 g/mol. The van der Waals surface area contributed by atoms with Crippen molar-refractivity contribution in [2.45, 2.75) is 39.3 Å². The number of benzene rings is 1. The van der Waals surface area contributed by atoms with Crippen LogP contribution in [0.4, 0.5) is 0 Å². The van der Waals surface area contributed by atoms with Crippen LogP contribution >= 0.6 is 0 Å². The smallest absolute Gasteiger partial charge is 0.230 e. The molecule has 0 spiro atoms. The first-order valence-electron chi connectivity index (χ1n) is 7.48. The molecule has 1 fully saturated rings. The van der Waals surface area contributed by atoms with Crippen molar-refractivity contribution in [3.8, 4) is 0 Å². The van der Waals surface area contributed by atoms with Gasteiger partial charge in [-0.25, -0.2) is 0 Å². The Hall–Kier alpha value is -1.39. The highest BCUT2D eigenvalue weighted by Crippen LogP contribution is 2.32. The van der Waals surface area contributed by atoms with Gasteiger partial charge in [-0.2, -0.15) is 0 Å². The summed E-state index contributed by atoms with van der Waals surface area (Å²) in [5.41, 5.74) is 6.13. The summed E-state index contributed by atoms with van der Waals surface area (Å²) in [6.45, 7) is 9.42. The predicted octanol–water partition coefficient (Wildman–Crippen LogP) is 2.35. The van der Waals surface area contributed by atoms with Gasteiger partial charge in [-0.3, -0.25) is 4.79 Å². The minimum absolute atomic E-state index is 0.0550. The maximum Gasteiger partial charge on any atom is 0.230 e. The summed E-state index contributed by atoms with van der Waals surface area (Å²) in [5, 5.41) is 0. The highest BCUT2D eigenvalue weighted by atomic mass is 16.5. The van der Waals surface area contributed by atoms with Gasteiger partial charge in [0.15, 0.2) is 0 Å². The Kier molecular flexibility index (Phi) is 4.40. The Labute approximate surface area is 127 Å². The van der Waals surface area contributed by atoms with E-state index < -0.39 is 11.0 Å².